The zero-order valence-electron chi connectivity index (χ0n) is 42.9. The van der Waals surface area contributed by atoms with Gasteiger partial charge in [0.2, 0.25) is 0 Å². The Kier molecular flexibility index (Phi) is 20.0. The van der Waals surface area contributed by atoms with E-state index in [-0.39, 0.29) is 0 Å². The first-order chi connectivity index (χ1) is 32.7. The Hall–Kier alpha value is -3.78. The first-order valence-electron chi connectivity index (χ1n) is 25.3. The van der Waals surface area contributed by atoms with E-state index in [4.69, 9.17) is 17.0 Å². The van der Waals surface area contributed by atoms with Crippen LogP contribution >= 0.6 is 17.0 Å². The molecule has 0 aromatic heterocycles. The Morgan fingerprint density at radius 2 is 0.926 bits per heavy atom. The predicted octanol–water partition coefficient (Wildman–Crippen LogP) is 18.5. The van der Waals surface area contributed by atoms with Gasteiger partial charge in [-0.3, -0.25) is 0 Å². The molecule has 0 atom stereocenters. The fourth-order valence-corrected chi connectivity index (χ4v) is 10.9. The largest absolute Gasteiger partial charge is 0.184 e. The van der Waals surface area contributed by atoms with Crippen LogP contribution in [0, 0.1) is 6.07 Å². The quantitative estimate of drug-likeness (QED) is 0.0845. The second-order valence-corrected chi connectivity index (χ2v) is 24.8. The van der Waals surface area contributed by atoms with Crippen molar-refractivity contribution in [1.29, 1.82) is 0 Å². The number of halogens is 2. The molecule has 0 amide bonds. The molecule has 0 bridgehead atoms. The summed E-state index contributed by atoms with van der Waals surface area (Å²) in [4.78, 5) is 0. The van der Waals surface area contributed by atoms with Crippen molar-refractivity contribution >= 4 is 58.5 Å². The topological polar surface area (TPSA) is 0 Å². The van der Waals surface area contributed by atoms with E-state index in [9.17, 15) is 0 Å². The van der Waals surface area contributed by atoms with Gasteiger partial charge in [-0.15, -0.1) is 74.6 Å². The predicted molar refractivity (Wildman–Crippen MR) is 300 cm³/mol. The Bertz CT molecular complexity index is 2640. The Balaban J connectivity index is 0.000000171. The van der Waals surface area contributed by atoms with Gasteiger partial charge in [-0.2, -0.15) is 41.6 Å². The molecular weight excluding hydrogens is 959 g/mol. The van der Waals surface area contributed by atoms with E-state index in [0.29, 0.717) is 23.7 Å². The zero-order valence-corrected chi connectivity index (χ0v) is 47.9. The number of hydrogen-bond acceptors (Lipinski definition) is 0. The molecule has 0 nitrogen and oxygen atoms in total. The van der Waals surface area contributed by atoms with Crippen LogP contribution in [0.5, 0.6) is 0 Å². The Labute approximate surface area is 432 Å². The maximum atomic E-state index is 4.93. The molecule has 9 rings (SSSR count). The Morgan fingerprint density at radius 3 is 1.32 bits per heavy atom. The van der Waals surface area contributed by atoms with Gasteiger partial charge in [0.15, 0.2) is 0 Å². The van der Waals surface area contributed by atoms with E-state index in [0.717, 1.165) is 22.4 Å². The minimum Gasteiger partial charge on any atom is -0.184 e. The van der Waals surface area contributed by atoms with Crippen LogP contribution in [0.2, 0.25) is 0 Å². The van der Waals surface area contributed by atoms with Crippen LogP contribution in [0.1, 0.15) is 164 Å². The molecule has 8 aromatic rings. The van der Waals surface area contributed by atoms with Gasteiger partial charge in [0, 0.05) is 0 Å². The Morgan fingerprint density at radius 1 is 0.515 bits per heavy atom. The monoisotopic (exact) mass is 1030 g/mol. The number of rotatable bonds is 12. The maximum Gasteiger partial charge on any atom is 0.0920 e. The number of benzene rings is 6. The van der Waals surface area contributed by atoms with E-state index in [1.165, 1.54) is 135 Å². The van der Waals surface area contributed by atoms with Gasteiger partial charge < -0.3 is 0 Å². The summed E-state index contributed by atoms with van der Waals surface area (Å²) in [6, 6.07) is 51.6. The average molecular weight is 1030 g/mol. The zero-order chi connectivity index (χ0) is 49.1. The first-order valence-corrected chi connectivity index (χ1v) is 32.6. The smallest absolute Gasteiger partial charge is 0.0920 e. The van der Waals surface area contributed by atoms with Crippen LogP contribution in [-0.2, 0) is 46.5 Å². The summed E-state index contributed by atoms with van der Waals surface area (Å²) in [5, 5.41) is 8.47. The summed E-state index contributed by atoms with van der Waals surface area (Å²) in [6.45, 7) is 27.5. The van der Waals surface area contributed by atoms with Crippen LogP contribution in [0.3, 0.4) is 0 Å². The van der Waals surface area contributed by atoms with Gasteiger partial charge in [0.25, 0.3) is 0 Å². The second kappa shape index (κ2) is 25.4. The van der Waals surface area contributed by atoms with Crippen LogP contribution in [-0.4, -0.2) is 9.52 Å². The standard InChI is InChI=1S/2C26H33.C12H7Si.2ClH.Zr/c2*1-7-9-19-12-21-11-10-20(8-2)26(25(21)13-19)24-15-22(17(3)4)14-23(16-24)18(5)6;1-3-7-11-9(5-1)10-6-2-4-8-12(10)13-11;;;/h2*10-18H,7-9H2,1-6H3;1-7H;2*1H;/q3*-1;;;+2/p-2. The van der Waals surface area contributed by atoms with E-state index in [1.807, 2.05) is 6.07 Å². The molecule has 0 saturated carbocycles. The minimum absolute atomic E-state index is 0.548. The average Bonchev–Trinajstić information content (AvgIpc) is 4.06. The van der Waals surface area contributed by atoms with Crippen molar-refractivity contribution < 1.29 is 20.8 Å². The molecule has 1 aliphatic heterocycles. The van der Waals surface area contributed by atoms with Gasteiger partial charge in [-0.25, -0.2) is 0 Å². The third-order valence-electron chi connectivity index (χ3n) is 13.4. The van der Waals surface area contributed by atoms with Crippen molar-refractivity contribution in [2.45, 2.75) is 145 Å². The van der Waals surface area contributed by atoms with E-state index in [1.54, 1.807) is 0 Å². The normalized spacial score (nSPS) is 11.6. The summed E-state index contributed by atoms with van der Waals surface area (Å²) >= 11 is -0.826. The van der Waals surface area contributed by atoms with Crippen molar-refractivity contribution in [2.75, 3.05) is 0 Å². The van der Waals surface area contributed by atoms with Gasteiger partial charge in [-0.1, -0.05) is 190 Å². The maximum absolute atomic E-state index is 4.93. The van der Waals surface area contributed by atoms with Crippen molar-refractivity contribution in [3.8, 4) is 33.4 Å². The number of aryl methyl sites for hydroxylation is 4. The number of hydrogen-bond donors (Lipinski definition) is 0. The van der Waals surface area contributed by atoms with Crippen LogP contribution < -0.4 is 10.4 Å². The molecule has 0 N–H and O–H groups in total. The van der Waals surface area contributed by atoms with E-state index >= 15 is 0 Å². The molecule has 0 unspecified atom stereocenters. The molecule has 1 aliphatic rings. The van der Waals surface area contributed by atoms with Crippen molar-refractivity contribution in [2.24, 2.45) is 0 Å². The third-order valence-corrected chi connectivity index (χ3v) is 14.8. The molecule has 68 heavy (non-hydrogen) atoms. The van der Waals surface area contributed by atoms with Gasteiger partial charge >= 0.3 is 37.9 Å². The fraction of sp³-hybridized carbons (Fsp3) is 0.344. The van der Waals surface area contributed by atoms with Gasteiger partial charge in [0.05, 0.1) is 9.52 Å². The second-order valence-electron chi connectivity index (χ2n) is 19.7. The number of fused-ring (bicyclic) bond motifs is 5. The molecule has 8 aromatic carbocycles. The molecule has 4 heteroatoms. The SMILES string of the molecule is CCCc1cc2c(-c3cc(C(C)C)cc(C(C)C)c3)c(CC)ccc2[cH-]1.CCCc1cc2c(-c3cc(C(C)C)cc(C(C)C)c3)c(CC)ccc2[cH-]1.[Cl][Zr][Cl].[c-]1cccc2c1[Si]c1ccccc1-2. The van der Waals surface area contributed by atoms with Crippen LogP contribution in [0.15, 0.2) is 127 Å². The summed E-state index contributed by atoms with van der Waals surface area (Å²) in [5.74, 6) is 2.19. The van der Waals surface area contributed by atoms with Gasteiger partial charge in [-0.05, 0) is 82.7 Å². The van der Waals surface area contributed by atoms with Crippen molar-refractivity contribution in [3.05, 3.63) is 178 Å². The fourth-order valence-electron chi connectivity index (χ4n) is 9.62. The molecule has 2 radical (unpaired) electrons. The molecule has 0 fully saturated rings. The molecule has 0 saturated heterocycles. The summed E-state index contributed by atoms with van der Waals surface area (Å²) in [6.07, 6.45) is 6.88. The minimum atomic E-state index is -0.826. The van der Waals surface area contributed by atoms with E-state index < -0.39 is 20.8 Å². The first kappa shape index (κ1) is 53.6. The van der Waals surface area contributed by atoms with E-state index in [2.05, 4.69) is 210 Å². The third kappa shape index (κ3) is 12.9. The summed E-state index contributed by atoms with van der Waals surface area (Å²) in [7, 11) is 10.7. The molecule has 0 aliphatic carbocycles. The molecule has 1 heterocycles. The van der Waals surface area contributed by atoms with Crippen LogP contribution in [0.25, 0.3) is 54.9 Å². The van der Waals surface area contributed by atoms with Crippen LogP contribution in [0.4, 0.5) is 0 Å². The van der Waals surface area contributed by atoms with Gasteiger partial charge in [0.1, 0.15) is 0 Å². The molecule has 0 spiro atoms. The summed E-state index contributed by atoms with van der Waals surface area (Å²) < 4.78 is 0. The molecular formula is C64H73Cl2SiZr-3. The van der Waals surface area contributed by atoms with Crippen molar-refractivity contribution in [3.63, 3.8) is 0 Å². The molecule has 354 valence electrons. The summed E-state index contributed by atoms with van der Waals surface area (Å²) in [5.41, 5.74) is 20.1. The van der Waals surface area contributed by atoms with Crippen molar-refractivity contribution in [1.82, 2.24) is 0 Å².